The summed E-state index contributed by atoms with van der Waals surface area (Å²) >= 11 is 0. The van der Waals surface area contributed by atoms with Crippen molar-refractivity contribution in [1.82, 2.24) is 14.8 Å². The number of hydrogen-bond donors (Lipinski definition) is 1. The quantitative estimate of drug-likeness (QED) is 0.691. The molecular weight excluding hydrogens is 332 g/mol. The number of aryl methyl sites for hydroxylation is 2. The number of pyridine rings is 1. The number of methoxy groups -OCH3 is 1. The summed E-state index contributed by atoms with van der Waals surface area (Å²) in [6.45, 7) is 0.667. The number of ether oxygens (including phenoxy) is 1. The van der Waals surface area contributed by atoms with Gasteiger partial charge in [-0.25, -0.2) is 4.79 Å². The molecule has 1 aromatic carbocycles. The molecule has 7 heteroatoms. The van der Waals surface area contributed by atoms with Crippen molar-refractivity contribution in [2.45, 2.75) is 13.0 Å². The van der Waals surface area contributed by atoms with E-state index in [1.54, 1.807) is 47.4 Å². The predicted octanol–water partition coefficient (Wildman–Crippen LogP) is 2.56. The monoisotopic (exact) mass is 350 g/mol. The van der Waals surface area contributed by atoms with Gasteiger partial charge in [0.25, 0.3) is 5.91 Å². The zero-order chi connectivity index (χ0) is 18.4. The van der Waals surface area contributed by atoms with Gasteiger partial charge in [0.2, 0.25) is 0 Å². The van der Waals surface area contributed by atoms with Crippen molar-refractivity contribution in [3.63, 3.8) is 0 Å². The minimum Gasteiger partial charge on any atom is -0.465 e. The maximum absolute atomic E-state index is 12.3. The van der Waals surface area contributed by atoms with Gasteiger partial charge in [0.05, 0.1) is 12.7 Å². The van der Waals surface area contributed by atoms with E-state index in [0.717, 1.165) is 12.1 Å². The maximum atomic E-state index is 12.3. The fourth-order valence-electron chi connectivity index (χ4n) is 2.39. The maximum Gasteiger partial charge on any atom is 0.337 e. The van der Waals surface area contributed by atoms with Gasteiger partial charge in [-0.2, -0.15) is 5.10 Å². The Hall–Kier alpha value is -3.48. The molecule has 0 fully saturated rings. The normalized spacial score (nSPS) is 10.3. The van der Waals surface area contributed by atoms with Gasteiger partial charge in [-0.3, -0.25) is 14.5 Å². The van der Waals surface area contributed by atoms with E-state index in [4.69, 9.17) is 0 Å². The van der Waals surface area contributed by atoms with E-state index in [0.29, 0.717) is 23.5 Å². The van der Waals surface area contributed by atoms with Crippen LogP contribution in [0.4, 0.5) is 5.82 Å². The summed E-state index contributed by atoms with van der Waals surface area (Å²) in [5.41, 5.74) is 1.81. The van der Waals surface area contributed by atoms with Gasteiger partial charge in [-0.05, 0) is 36.4 Å². The minimum absolute atomic E-state index is 0.295. The number of rotatable bonds is 6. The molecule has 0 bridgehead atoms. The van der Waals surface area contributed by atoms with E-state index in [-0.39, 0.29) is 5.91 Å². The van der Waals surface area contributed by atoms with Crippen molar-refractivity contribution in [2.75, 3.05) is 12.4 Å². The Morgan fingerprint density at radius 2 is 1.85 bits per heavy atom. The second-order valence-corrected chi connectivity index (χ2v) is 5.56. The Morgan fingerprint density at radius 1 is 1.08 bits per heavy atom. The molecule has 1 N–H and O–H groups in total. The lowest BCUT2D eigenvalue weighted by Gasteiger charge is -2.04. The highest BCUT2D eigenvalue weighted by atomic mass is 16.5. The highest BCUT2D eigenvalue weighted by molar-refractivity contribution is 6.04. The second kappa shape index (κ2) is 8.06. The number of anilines is 1. The van der Waals surface area contributed by atoms with Gasteiger partial charge in [0.1, 0.15) is 0 Å². The van der Waals surface area contributed by atoms with Crippen LogP contribution < -0.4 is 5.32 Å². The molecule has 3 aromatic rings. The Kier molecular flexibility index (Phi) is 5.38. The highest BCUT2D eigenvalue weighted by Gasteiger charge is 2.10. The van der Waals surface area contributed by atoms with Crippen LogP contribution in [0.15, 0.2) is 60.9 Å². The zero-order valence-corrected chi connectivity index (χ0v) is 14.3. The third-order valence-corrected chi connectivity index (χ3v) is 3.77. The molecular formula is C19H18N4O3. The summed E-state index contributed by atoms with van der Waals surface area (Å²) in [6.07, 6.45) is 4.32. The number of esters is 1. The van der Waals surface area contributed by atoms with Crippen LogP contribution in [0.5, 0.6) is 0 Å². The summed E-state index contributed by atoms with van der Waals surface area (Å²) in [4.78, 5) is 27.9. The van der Waals surface area contributed by atoms with Crippen LogP contribution in [-0.2, 0) is 17.7 Å². The van der Waals surface area contributed by atoms with Gasteiger partial charge in [-0.1, -0.05) is 6.07 Å². The number of carbonyl (C=O) groups is 2. The lowest BCUT2D eigenvalue weighted by molar-refractivity contribution is 0.0600. The average molecular weight is 350 g/mol. The van der Waals surface area contributed by atoms with Crippen molar-refractivity contribution >= 4 is 17.7 Å². The molecule has 1 amide bonds. The molecule has 0 atom stereocenters. The van der Waals surface area contributed by atoms with Crippen molar-refractivity contribution in [2.24, 2.45) is 0 Å². The zero-order valence-electron chi connectivity index (χ0n) is 14.3. The Morgan fingerprint density at radius 3 is 2.54 bits per heavy atom. The Balaban J connectivity index is 1.58. The third-order valence-electron chi connectivity index (χ3n) is 3.77. The summed E-state index contributed by atoms with van der Waals surface area (Å²) in [5, 5.41) is 7.07. The summed E-state index contributed by atoms with van der Waals surface area (Å²) in [7, 11) is 1.31. The second-order valence-electron chi connectivity index (χ2n) is 5.56. The molecule has 0 saturated carbocycles. The number of aromatic nitrogens is 3. The molecule has 0 spiro atoms. The van der Waals surface area contributed by atoms with Crippen molar-refractivity contribution in [3.05, 3.63) is 77.7 Å². The minimum atomic E-state index is -0.441. The van der Waals surface area contributed by atoms with Crippen LogP contribution in [0.2, 0.25) is 0 Å². The van der Waals surface area contributed by atoms with E-state index >= 15 is 0 Å². The molecule has 132 valence electrons. The molecule has 0 aliphatic rings. The molecule has 0 unspecified atom stereocenters. The Labute approximate surface area is 150 Å². The van der Waals surface area contributed by atoms with E-state index < -0.39 is 5.97 Å². The first-order valence-electron chi connectivity index (χ1n) is 8.09. The van der Waals surface area contributed by atoms with Crippen molar-refractivity contribution in [3.8, 4) is 0 Å². The number of benzene rings is 1. The number of amides is 1. The molecule has 0 aliphatic heterocycles. The third kappa shape index (κ3) is 4.32. The first kappa shape index (κ1) is 17.3. The number of nitrogens with one attached hydrogen (secondary N) is 1. The molecule has 0 radical (unpaired) electrons. The fourth-order valence-corrected chi connectivity index (χ4v) is 2.39. The molecule has 7 nitrogen and oxygen atoms in total. The van der Waals surface area contributed by atoms with Crippen molar-refractivity contribution in [1.29, 1.82) is 0 Å². The largest absolute Gasteiger partial charge is 0.465 e. The lowest BCUT2D eigenvalue weighted by Crippen LogP contribution is -2.13. The fraction of sp³-hybridized carbons (Fsp3) is 0.158. The molecule has 2 heterocycles. The van der Waals surface area contributed by atoms with Crippen LogP contribution in [-0.4, -0.2) is 33.8 Å². The predicted molar refractivity (Wildman–Crippen MR) is 95.9 cm³/mol. The van der Waals surface area contributed by atoms with Gasteiger partial charge in [0.15, 0.2) is 5.82 Å². The molecule has 0 saturated heterocycles. The number of hydrogen-bond acceptors (Lipinski definition) is 5. The van der Waals surface area contributed by atoms with Gasteiger partial charge < -0.3 is 10.1 Å². The molecule has 3 rings (SSSR count). The van der Waals surface area contributed by atoms with Crippen molar-refractivity contribution < 1.29 is 14.3 Å². The smallest absolute Gasteiger partial charge is 0.337 e. The van der Waals surface area contributed by atoms with Crippen LogP contribution in [0.1, 0.15) is 26.4 Å². The topological polar surface area (TPSA) is 86.1 Å². The van der Waals surface area contributed by atoms with Gasteiger partial charge in [-0.15, -0.1) is 0 Å². The number of nitrogens with zero attached hydrogens (tertiary/aromatic N) is 3. The molecule has 2 aromatic heterocycles. The number of carbonyl (C=O) groups excluding carboxylic acids is 2. The van der Waals surface area contributed by atoms with E-state index in [1.165, 1.54) is 7.11 Å². The first-order valence-corrected chi connectivity index (χ1v) is 8.09. The van der Waals surface area contributed by atoms with E-state index in [1.807, 2.05) is 18.2 Å². The standard InChI is InChI=1S/C19H18N4O3/c1-26-19(25)15-7-5-14(6-8-15)18(24)21-17-10-13-23(22-17)12-9-16-4-2-3-11-20-16/h2-8,10-11,13H,9,12H2,1H3,(H,21,22,24). The first-order chi connectivity index (χ1) is 12.7. The van der Waals surface area contributed by atoms with Crippen LogP contribution in [0, 0.1) is 0 Å². The lowest BCUT2D eigenvalue weighted by atomic mass is 10.1. The van der Waals surface area contributed by atoms with Crippen LogP contribution >= 0.6 is 0 Å². The van der Waals surface area contributed by atoms with Gasteiger partial charge >= 0.3 is 5.97 Å². The molecule has 26 heavy (non-hydrogen) atoms. The Bertz CT molecular complexity index is 889. The summed E-state index contributed by atoms with van der Waals surface area (Å²) in [6, 6.07) is 13.8. The summed E-state index contributed by atoms with van der Waals surface area (Å²) < 4.78 is 6.39. The SMILES string of the molecule is COC(=O)c1ccc(C(=O)Nc2ccn(CCc3ccccn3)n2)cc1. The molecule has 0 aliphatic carbocycles. The summed E-state index contributed by atoms with van der Waals surface area (Å²) in [5.74, 6) is -0.270. The average Bonchev–Trinajstić information content (AvgIpc) is 3.14. The van der Waals surface area contributed by atoms with Crippen LogP contribution in [0.3, 0.4) is 0 Å². The van der Waals surface area contributed by atoms with E-state index in [2.05, 4.69) is 20.1 Å². The van der Waals surface area contributed by atoms with Crippen LogP contribution in [0.25, 0.3) is 0 Å². The van der Waals surface area contributed by atoms with E-state index in [9.17, 15) is 9.59 Å². The van der Waals surface area contributed by atoms with Gasteiger partial charge in [0, 0.05) is 42.7 Å². The highest BCUT2D eigenvalue weighted by Crippen LogP contribution is 2.10.